The fraction of sp³-hybridized carbons (Fsp3) is 0.500. The fourth-order valence-corrected chi connectivity index (χ4v) is 3.52. The summed E-state index contributed by atoms with van der Waals surface area (Å²) >= 11 is 6.05. The van der Waals surface area contributed by atoms with E-state index in [-0.39, 0.29) is 11.9 Å². The lowest BCUT2D eigenvalue weighted by Gasteiger charge is -2.36. The molecule has 0 saturated carbocycles. The average Bonchev–Trinajstić information content (AvgIpc) is 2.90. The number of aryl methyl sites for hydroxylation is 1. The quantitative estimate of drug-likeness (QED) is 0.852. The Balaban J connectivity index is 1.81. The zero-order chi connectivity index (χ0) is 16.6. The van der Waals surface area contributed by atoms with E-state index in [1.165, 1.54) is 0 Å². The third-order valence-corrected chi connectivity index (χ3v) is 5.20. The predicted octanol–water partition coefficient (Wildman–Crippen LogP) is 3.95. The molecule has 0 atom stereocenters. The highest BCUT2D eigenvalue weighted by atomic mass is 35.5. The van der Waals surface area contributed by atoms with Crippen LogP contribution in [0, 0.1) is 6.92 Å². The van der Waals surface area contributed by atoms with Crippen molar-refractivity contribution in [2.45, 2.75) is 32.7 Å². The van der Waals surface area contributed by atoms with Crippen molar-refractivity contribution in [2.75, 3.05) is 26.7 Å². The highest BCUT2D eigenvalue weighted by Crippen LogP contribution is 2.29. The number of rotatable bonds is 3. The number of likely N-dealkylation sites (tertiary alicyclic amines) is 1. The lowest BCUT2D eigenvalue weighted by molar-refractivity contribution is 0.0617. The molecule has 1 aromatic heterocycles. The van der Waals surface area contributed by atoms with Crippen LogP contribution in [0.1, 0.15) is 35.9 Å². The Labute approximate surface area is 142 Å². The third kappa shape index (κ3) is 3.10. The SMILES string of the molecule is CCN1CCC(N(C)C(=O)c2oc3ccc(Cl)cc3c2C)CC1. The number of benzene rings is 1. The number of amides is 1. The molecule has 0 bridgehead atoms. The minimum Gasteiger partial charge on any atom is -0.451 e. The number of hydrogen-bond donors (Lipinski definition) is 0. The maximum atomic E-state index is 12.9. The lowest BCUT2D eigenvalue weighted by Crippen LogP contribution is -2.45. The molecule has 4 nitrogen and oxygen atoms in total. The minimum atomic E-state index is -0.0372. The molecular formula is C18H23ClN2O2. The first-order valence-electron chi connectivity index (χ1n) is 8.19. The van der Waals surface area contributed by atoms with Gasteiger partial charge in [0.05, 0.1) is 0 Å². The first-order valence-corrected chi connectivity index (χ1v) is 8.57. The summed E-state index contributed by atoms with van der Waals surface area (Å²) in [5.74, 6) is 0.396. The van der Waals surface area contributed by atoms with E-state index in [1.54, 1.807) is 6.07 Å². The number of halogens is 1. The van der Waals surface area contributed by atoms with Gasteiger partial charge in [-0.15, -0.1) is 0 Å². The van der Waals surface area contributed by atoms with E-state index in [4.69, 9.17) is 16.0 Å². The molecule has 0 unspecified atom stereocenters. The van der Waals surface area contributed by atoms with Gasteiger partial charge in [0.2, 0.25) is 0 Å². The number of nitrogens with zero attached hydrogens (tertiary/aromatic N) is 2. The zero-order valence-electron chi connectivity index (χ0n) is 13.9. The van der Waals surface area contributed by atoms with E-state index in [1.807, 2.05) is 31.0 Å². The van der Waals surface area contributed by atoms with Crippen molar-refractivity contribution in [2.24, 2.45) is 0 Å². The van der Waals surface area contributed by atoms with Crippen LogP contribution in [0.15, 0.2) is 22.6 Å². The van der Waals surface area contributed by atoms with Crippen molar-refractivity contribution in [1.82, 2.24) is 9.80 Å². The fourth-order valence-electron chi connectivity index (χ4n) is 3.35. The number of furan rings is 1. The second-order valence-electron chi connectivity index (χ2n) is 6.28. The van der Waals surface area contributed by atoms with Gasteiger partial charge >= 0.3 is 0 Å². The Morgan fingerprint density at radius 2 is 2.09 bits per heavy atom. The van der Waals surface area contributed by atoms with Gasteiger partial charge in [-0.3, -0.25) is 4.79 Å². The Bertz CT molecular complexity index is 717. The highest BCUT2D eigenvalue weighted by Gasteiger charge is 2.28. The highest BCUT2D eigenvalue weighted by molar-refractivity contribution is 6.31. The summed E-state index contributed by atoms with van der Waals surface area (Å²) in [4.78, 5) is 17.1. The second-order valence-corrected chi connectivity index (χ2v) is 6.71. The molecule has 0 aliphatic carbocycles. The van der Waals surface area contributed by atoms with Gasteiger partial charge in [0.25, 0.3) is 5.91 Å². The smallest absolute Gasteiger partial charge is 0.289 e. The van der Waals surface area contributed by atoms with Gasteiger partial charge in [-0.05, 0) is 44.5 Å². The molecule has 1 fully saturated rings. The van der Waals surface area contributed by atoms with E-state index < -0.39 is 0 Å². The molecule has 2 aromatic rings. The number of fused-ring (bicyclic) bond motifs is 1. The summed E-state index contributed by atoms with van der Waals surface area (Å²) in [6.45, 7) is 7.27. The first kappa shape index (κ1) is 16.3. The number of piperidine rings is 1. The van der Waals surface area contributed by atoms with Crippen molar-refractivity contribution in [3.63, 3.8) is 0 Å². The van der Waals surface area contributed by atoms with Crippen molar-refractivity contribution in [1.29, 1.82) is 0 Å². The molecule has 1 aliphatic rings. The molecule has 0 spiro atoms. The van der Waals surface area contributed by atoms with Gasteiger partial charge in [-0.1, -0.05) is 18.5 Å². The van der Waals surface area contributed by atoms with Crippen molar-refractivity contribution in [3.8, 4) is 0 Å². The average molecular weight is 335 g/mol. The lowest BCUT2D eigenvalue weighted by atomic mass is 10.0. The third-order valence-electron chi connectivity index (χ3n) is 4.96. The summed E-state index contributed by atoms with van der Waals surface area (Å²) in [5, 5.41) is 1.57. The van der Waals surface area contributed by atoms with Crippen LogP contribution < -0.4 is 0 Å². The Kier molecular flexibility index (Phi) is 4.64. The Morgan fingerprint density at radius 3 is 2.74 bits per heavy atom. The van der Waals surface area contributed by atoms with Crippen LogP contribution in [0.25, 0.3) is 11.0 Å². The van der Waals surface area contributed by atoms with Crippen LogP contribution in [0.3, 0.4) is 0 Å². The summed E-state index contributed by atoms with van der Waals surface area (Å²) < 4.78 is 5.81. The molecule has 1 aromatic carbocycles. The molecule has 0 radical (unpaired) electrons. The standard InChI is InChI=1S/C18H23ClN2O2/c1-4-21-9-7-14(8-10-21)20(3)18(22)17-12(2)15-11-13(19)5-6-16(15)23-17/h5-6,11,14H,4,7-10H2,1-3H3. The van der Waals surface area contributed by atoms with E-state index in [9.17, 15) is 4.79 Å². The topological polar surface area (TPSA) is 36.7 Å². The maximum absolute atomic E-state index is 12.9. The van der Waals surface area contributed by atoms with E-state index >= 15 is 0 Å². The van der Waals surface area contributed by atoms with E-state index in [0.29, 0.717) is 16.4 Å². The molecule has 3 rings (SSSR count). The molecule has 23 heavy (non-hydrogen) atoms. The van der Waals surface area contributed by atoms with Gasteiger partial charge in [0.1, 0.15) is 5.58 Å². The van der Waals surface area contributed by atoms with E-state index in [0.717, 1.165) is 43.4 Å². The predicted molar refractivity (Wildman–Crippen MR) is 93.2 cm³/mol. The second kappa shape index (κ2) is 6.54. The molecule has 0 N–H and O–H groups in total. The summed E-state index contributed by atoms with van der Waals surface area (Å²) in [6, 6.07) is 5.74. The normalized spacial score (nSPS) is 16.9. The van der Waals surface area contributed by atoms with Crippen LogP contribution in [0.5, 0.6) is 0 Å². The zero-order valence-corrected chi connectivity index (χ0v) is 14.7. The number of carbonyl (C=O) groups excluding carboxylic acids is 1. The van der Waals surface area contributed by atoms with E-state index in [2.05, 4.69) is 11.8 Å². The Hall–Kier alpha value is -1.52. The van der Waals surface area contributed by atoms with Gasteiger partial charge in [0, 0.05) is 42.2 Å². The van der Waals surface area contributed by atoms with Gasteiger partial charge in [-0.25, -0.2) is 0 Å². The van der Waals surface area contributed by atoms with Crippen LogP contribution >= 0.6 is 11.6 Å². The molecule has 124 valence electrons. The van der Waals surface area contributed by atoms with Crippen LogP contribution in [-0.4, -0.2) is 48.4 Å². The van der Waals surface area contributed by atoms with Crippen molar-refractivity contribution < 1.29 is 9.21 Å². The first-order chi connectivity index (χ1) is 11.0. The monoisotopic (exact) mass is 334 g/mol. The largest absolute Gasteiger partial charge is 0.451 e. The maximum Gasteiger partial charge on any atom is 0.289 e. The molecule has 5 heteroatoms. The number of carbonyl (C=O) groups is 1. The van der Waals surface area contributed by atoms with Crippen LogP contribution in [0.4, 0.5) is 0 Å². The molecule has 1 saturated heterocycles. The molecular weight excluding hydrogens is 312 g/mol. The van der Waals surface area contributed by atoms with Crippen molar-refractivity contribution >= 4 is 28.5 Å². The minimum absolute atomic E-state index is 0.0372. The summed E-state index contributed by atoms with van der Waals surface area (Å²) in [6.07, 6.45) is 2.03. The van der Waals surface area contributed by atoms with Crippen molar-refractivity contribution in [3.05, 3.63) is 34.5 Å². The summed E-state index contributed by atoms with van der Waals surface area (Å²) in [7, 11) is 1.88. The molecule has 2 heterocycles. The van der Waals surface area contributed by atoms with Gasteiger partial charge in [-0.2, -0.15) is 0 Å². The van der Waals surface area contributed by atoms with Crippen LogP contribution in [-0.2, 0) is 0 Å². The number of hydrogen-bond acceptors (Lipinski definition) is 3. The van der Waals surface area contributed by atoms with Crippen LogP contribution in [0.2, 0.25) is 5.02 Å². The van der Waals surface area contributed by atoms with Gasteiger partial charge < -0.3 is 14.2 Å². The van der Waals surface area contributed by atoms with Gasteiger partial charge in [0.15, 0.2) is 5.76 Å². The molecule has 1 amide bonds. The Morgan fingerprint density at radius 1 is 1.39 bits per heavy atom. The summed E-state index contributed by atoms with van der Waals surface area (Å²) in [5.41, 5.74) is 1.58. The molecule has 1 aliphatic heterocycles.